The number of hydrogen-bond donors (Lipinski definition) is 0. The van der Waals surface area contributed by atoms with Crippen molar-refractivity contribution in [1.82, 2.24) is 4.98 Å². The number of benzene rings is 2. The van der Waals surface area contributed by atoms with Gasteiger partial charge in [0.1, 0.15) is 5.82 Å². The average Bonchev–Trinajstić information content (AvgIpc) is 2.75. The van der Waals surface area contributed by atoms with Gasteiger partial charge in [0, 0.05) is 48.8 Å². The van der Waals surface area contributed by atoms with Crippen molar-refractivity contribution in [2.24, 2.45) is 0 Å². The summed E-state index contributed by atoms with van der Waals surface area (Å²) in [5, 5.41) is 1.89. The molecule has 4 rings (SSSR count). The van der Waals surface area contributed by atoms with Crippen LogP contribution in [0.25, 0.3) is 10.8 Å². The van der Waals surface area contributed by atoms with E-state index in [0.29, 0.717) is 12.2 Å². The summed E-state index contributed by atoms with van der Waals surface area (Å²) in [5.74, 6) is 0.622. The predicted octanol–water partition coefficient (Wildman–Crippen LogP) is 4.35. The van der Waals surface area contributed by atoms with Gasteiger partial charge < -0.3 is 14.5 Å². The number of aromatic nitrogens is 1. The number of fused-ring (bicyclic) bond motifs is 1. The number of hydrogen-bond acceptors (Lipinski definition) is 5. The highest BCUT2D eigenvalue weighted by Crippen LogP contribution is 2.30. The second-order valence-corrected chi connectivity index (χ2v) is 7.45. The molecule has 0 atom stereocenters. The first kappa shape index (κ1) is 19.2. The van der Waals surface area contributed by atoms with E-state index in [2.05, 4.69) is 46.8 Å². The number of carbonyl (C=O) groups is 1. The van der Waals surface area contributed by atoms with Crippen LogP contribution in [0, 0.1) is 13.8 Å². The van der Waals surface area contributed by atoms with E-state index >= 15 is 0 Å². The molecule has 5 heteroatoms. The summed E-state index contributed by atoms with van der Waals surface area (Å²) in [7, 11) is 0. The molecule has 2 aromatic carbocycles. The lowest BCUT2D eigenvalue weighted by molar-refractivity contribution is 0.0528. The van der Waals surface area contributed by atoms with Gasteiger partial charge in [-0.3, -0.25) is 0 Å². The Balaban J connectivity index is 1.60. The minimum Gasteiger partial charge on any atom is -0.462 e. The second kappa shape index (κ2) is 8.11. The molecule has 150 valence electrons. The van der Waals surface area contributed by atoms with E-state index in [0.717, 1.165) is 42.8 Å². The van der Waals surface area contributed by atoms with Gasteiger partial charge in [-0.2, -0.15) is 0 Å². The first-order valence-corrected chi connectivity index (χ1v) is 10.2. The number of nitrogens with zero attached hydrogens (tertiary/aromatic N) is 3. The highest BCUT2D eigenvalue weighted by Gasteiger charge is 2.23. The van der Waals surface area contributed by atoms with Crippen LogP contribution in [0.5, 0.6) is 0 Å². The lowest BCUT2D eigenvalue weighted by Crippen LogP contribution is -2.47. The fourth-order valence-corrected chi connectivity index (χ4v) is 4.04. The zero-order valence-corrected chi connectivity index (χ0v) is 17.3. The predicted molar refractivity (Wildman–Crippen MR) is 118 cm³/mol. The molecule has 0 N–H and O–H groups in total. The molecule has 0 saturated carbocycles. The van der Waals surface area contributed by atoms with Gasteiger partial charge in [0.2, 0.25) is 0 Å². The van der Waals surface area contributed by atoms with Crippen LogP contribution in [0.15, 0.2) is 48.7 Å². The van der Waals surface area contributed by atoms with Crippen molar-refractivity contribution >= 4 is 28.2 Å². The summed E-state index contributed by atoms with van der Waals surface area (Å²) in [6.07, 6.45) is 1.66. The van der Waals surface area contributed by atoms with Crippen LogP contribution < -0.4 is 9.80 Å². The minimum atomic E-state index is -0.317. The van der Waals surface area contributed by atoms with Gasteiger partial charge >= 0.3 is 5.97 Å². The highest BCUT2D eigenvalue weighted by molar-refractivity contribution is 6.07. The molecule has 1 saturated heterocycles. The van der Waals surface area contributed by atoms with E-state index < -0.39 is 0 Å². The second-order valence-electron chi connectivity index (χ2n) is 7.45. The summed E-state index contributed by atoms with van der Waals surface area (Å²) in [6, 6.07) is 14.5. The molecule has 0 amide bonds. The number of esters is 1. The molecule has 29 heavy (non-hydrogen) atoms. The Morgan fingerprint density at radius 1 is 0.966 bits per heavy atom. The molecular weight excluding hydrogens is 362 g/mol. The van der Waals surface area contributed by atoms with E-state index in [1.165, 1.54) is 16.8 Å². The third kappa shape index (κ3) is 3.65. The van der Waals surface area contributed by atoms with Crippen LogP contribution in [0.4, 0.5) is 11.5 Å². The maximum Gasteiger partial charge on any atom is 0.340 e. The van der Waals surface area contributed by atoms with Crippen molar-refractivity contribution in [3.8, 4) is 0 Å². The molecular formula is C24H27N3O2. The van der Waals surface area contributed by atoms with Crippen LogP contribution in [0.1, 0.15) is 28.4 Å². The number of pyridine rings is 1. The Labute approximate surface area is 171 Å². The molecule has 0 bridgehead atoms. The van der Waals surface area contributed by atoms with Crippen LogP contribution in [0.3, 0.4) is 0 Å². The highest BCUT2D eigenvalue weighted by atomic mass is 16.5. The van der Waals surface area contributed by atoms with E-state index in [-0.39, 0.29) is 5.97 Å². The molecule has 5 nitrogen and oxygen atoms in total. The molecule has 0 aliphatic carbocycles. The Bertz CT molecular complexity index is 1040. The van der Waals surface area contributed by atoms with Gasteiger partial charge in [0.25, 0.3) is 0 Å². The van der Waals surface area contributed by atoms with Gasteiger partial charge in [-0.15, -0.1) is 0 Å². The standard InChI is InChI=1S/C24H27N3O2/c1-4-29-24(28)21-16-25-23(20-10-6-5-9-19(20)21)27-14-12-26(13-15-27)22-11-7-8-17(2)18(22)3/h5-11,16H,4,12-15H2,1-3H3. The lowest BCUT2D eigenvalue weighted by Gasteiger charge is -2.38. The molecule has 0 radical (unpaired) electrons. The van der Waals surface area contributed by atoms with Crippen LogP contribution in [-0.4, -0.2) is 43.7 Å². The molecule has 1 aliphatic rings. The lowest BCUT2D eigenvalue weighted by atomic mass is 10.1. The molecule has 0 unspecified atom stereocenters. The number of aryl methyl sites for hydroxylation is 1. The number of piperazine rings is 1. The molecule has 1 aromatic heterocycles. The smallest absolute Gasteiger partial charge is 0.340 e. The van der Waals surface area contributed by atoms with E-state index in [4.69, 9.17) is 4.74 Å². The Morgan fingerprint density at radius 2 is 1.66 bits per heavy atom. The fourth-order valence-electron chi connectivity index (χ4n) is 4.04. The topological polar surface area (TPSA) is 45.7 Å². The molecule has 1 aliphatic heterocycles. The summed E-state index contributed by atoms with van der Waals surface area (Å²) < 4.78 is 5.21. The van der Waals surface area contributed by atoms with Crippen molar-refractivity contribution in [2.75, 3.05) is 42.6 Å². The third-order valence-electron chi connectivity index (χ3n) is 5.77. The normalized spacial score (nSPS) is 14.3. The van der Waals surface area contributed by atoms with Gasteiger partial charge in [0.05, 0.1) is 12.2 Å². The number of anilines is 2. The summed E-state index contributed by atoms with van der Waals surface area (Å²) in [5.41, 5.74) is 4.52. The van der Waals surface area contributed by atoms with Crippen molar-refractivity contribution in [3.63, 3.8) is 0 Å². The maximum absolute atomic E-state index is 12.3. The first-order chi connectivity index (χ1) is 14.1. The molecule has 2 heterocycles. The Kier molecular flexibility index (Phi) is 5.38. The zero-order chi connectivity index (χ0) is 20.4. The summed E-state index contributed by atoms with van der Waals surface area (Å²) >= 11 is 0. The van der Waals surface area contributed by atoms with Gasteiger partial charge in [-0.05, 0) is 38.0 Å². The van der Waals surface area contributed by atoms with E-state index in [9.17, 15) is 4.79 Å². The SMILES string of the molecule is CCOC(=O)c1cnc(N2CCN(c3cccc(C)c3C)CC2)c2ccccc12. The van der Waals surface area contributed by atoms with Crippen molar-refractivity contribution in [1.29, 1.82) is 0 Å². The minimum absolute atomic E-state index is 0.317. The maximum atomic E-state index is 12.3. The van der Waals surface area contributed by atoms with Crippen LogP contribution >= 0.6 is 0 Å². The van der Waals surface area contributed by atoms with Crippen LogP contribution in [0.2, 0.25) is 0 Å². The quantitative estimate of drug-likeness (QED) is 0.621. The van der Waals surface area contributed by atoms with E-state index in [1.807, 2.05) is 31.2 Å². The van der Waals surface area contributed by atoms with Crippen molar-refractivity contribution in [2.45, 2.75) is 20.8 Å². The largest absolute Gasteiger partial charge is 0.462 e. The molecule has 1 fully saturated rings. The van der Waals surface area contributed by atoms with Gasteiger partial charge in [-0.1, -0.05) is 36.4 Å². The van der Waals surface area contributed by atoms with E-state index in [1.54, 1.807) is 6.20 Å². The van der Waals surface area contributed by atoms with Crippen molar-refractivity contribution in [3.05, 3.63) is 65.4 Å². The zero-order valence-electron chi connectivity index (χ0n) is 17.3. The van der Waals surface area contributed by atoms with Gasteiger partial charge in [0.15, 0.2) is 0 Å². The molecule has 0 spiro atoms. The van der Waals surface area contributed by atoms with Gasteiger partial charge in [-0.25, -0.2) is 9.78 Å². The first-order valence-electron chi connectivity index (χ1n) is 10.2. The average molecular weight is 389 g/mol. The number of rotatable bonds is 4. The summed E-state index contributed by atoms with van der Waals surface area (Å²) in [4.78, 5) is 21.8. The number of carbonyl (C=O) groups excluding carboxylic acids is 1. The van der Waals surface area contributed by atoms with Crippen molar-refractivity contribution < 1.29 is 9.53 Å². The third-order valence-corrected chi connectivity index (χ3v) is 5.77. The fraction of sp³-hybridized carbons (Fsp3) is 0.333. The summed E-state index contributed by atoms with van der Waals surface area (Å²) in [6.45, 7) is 10.2. The monoisotopic (exact) mass is 389 g/mol. The molecule has 3 aromatic rings. The number of ether oxygens (including phenoxy) is 1. The Hall–Kier alpha value is -3.08. The Morgan fingerprint density at radius 3 is 2.38 bits per heavy atom. The van der Waals surface area contributed by atoms with Crippen LogP contribution in [-0.2, 0) is 4.74 Å².